The molecule has 0 unspecified atom stereocenters. The third-order valence-electron chi connectivity index (χ3n) is 4.83. The molecule has 0 N–H and O–H groups in total. The van der Waals surface area contributed by atoms with Crippen LogP contribution in [0.2, 0.25) is 0 Å². The van der Waals surface area contributed by atoms with E-state index in [1.54, 1.807) is 24.1 Å². The first-order valence-corrected chi connectivity index (χ1v) is 11.5. The van der Waals surface area contributed by atoms with Gasteiger partial charge >= 0.3 is 5.97 Å². The number of carbonyl (C=O) groups is 2. The van der Waals surface area contributed by atoms with Gasteiger partial charge < -0.3 is 9.64 Å². The maximum absolute atomic E-state index is 12.4. The van der Waals surface area contributed by atoms with E-state index in [0.29, 0.717) is 10.1 Å². The Labute approximate surface area is 175 Å². The SMILES string of the molecule is C[C@H](c1ccccc1)N(C)C(=O)COC(=O)c1ccc(C2SCCCS2)cc1. The molecule has 28 heavy (non-hydrogen) atoms. The minimum atomic E-state index is -0.468. The lowest BCUT2D eigenvalue weighted by Gasteiger charge is -2.25. The molecule has 1 heterocycles. The van der Waals surface area contributed by atoms with E-state index < -0.39 is 5.97 Å². The molecule has 148 valence electrons. The molecule has 0 aliphatic carbocycles. The Bertz CT molecular complexity index is 789. The third kappa shape index (κ3) is 5.32. The van der Waals surface area contributed by atoms with Crippen molar-refractivity contribution in [3.8, 4) is 0 Å². The van der Waals surface area contributed by atoms with E-state index in [2.05, 4.69) is 0 Å². The molecule has 1 aliphatic heterocycles. The largest absolute Gasteiger partial charge is 0.452 e. The van der Waals surface area contributed by atoms with Crippen LogP contribution in [0.25, 0.3) is 0 Å². The van der Waals surface area contributed by atoms with Gasteiger partial charge in [0, 0.05) is 7.05 Å². The minimum Gasteiger partial charge on any atom is -0.452 e. The van der Waals surface area contributed by atoms with E-state index in [9.17, 15) is 9.59 Å². The van der Waals surface area contributed by atoms with Gasteiger partial charge in [0.2, 0.25) is 0 Å². The summed E-state index contributed by atoms with van der Waals surface area (Å²) in [4.78, 5) is 26.3. The summed E-state index contributed by atoms with van der Waals surface area (Å²) in [6.45, 7) is 1.69. The number of benzene rings is 2. The summed E-state index contributed by atoms with van der Waals surface area (Å²) >= 11 is 3.89. The third-order valence-corrected chi connectivity index (χ3v) is 7.84. The number of carbonyl (C=O) groups excluding carboxylic acids is 2. The number of esters is 1. The van der Waals surface area contributed by atoms with Gasteiger partial charge in [0.05, 0.1) is 16.2 Å². The fourth-order valence-electron chi connectivity index (χ4n) is 2.94. The zero-order valence-electron chi connectivity index (χ0n) is 16.2. The van der Waals surface area contributed by atoms with Gasteiger partial charge in [0.15, 0.2) is 6.61 Å². The van der Waals surface area contributed by atoms with Crippen molar-refractivity contribution < 1.29 is 14.3 Å². The maximum Gasteiger partial charge on any atom is 0.338 e. The highest BCUT2D eigenvalue weighted by atomic mass is 32.2. The Morgan fingerprint density at radius 3 is 2.36 bits per heavy atom. The van der Waals surface area contributed by atoms with Crippen molar-refractivity contribution in [1.29, 1.82) is 0 Å². The molecule has 3 rings (SSSR count). The molecule has 0 radical (unpaired) electrons. The zero-order chi connectivity index (χ0) is 19.9. The number of likely N-dealkylation sites (N-methyl/N-ethyl adjacent to an activating group) is 1. The number of rotatable bonds is 6. The lowest BCUT2D eigenvalue weighted by molar-refractivity contribution is -0.135. The second-order valence-electron chi connectivity index (χ2n) is 6.72. The molecule has 2 aromatic carbocycles. The van der Waals surface area contributed by atoms with Crippen molar-refractivity contribution in [3.05, 3.63) is 71.3 Å². The average molecular weight is 416 g/mol. The van der Waals surface area contributed by atoms with Crippen molar-refractivity contribution in [2.24, 2.45) is 0 Å². The summed E-state index contributed by atoms with van der Waals surface area (Å²) in [5, 5.41) is 0. The molecule has 2 aromatic rings. The van der Waals surface area contributed by atoms with Gasteiger partial charge in [0.1, 0.15) is 0 Å². The van der Waals surface area contributed by atoms with E-state index in [-0.39, 0.29) is 18.6 Å². The van der Waals surface area contributed by atoms with E-state index in [4.69, 9.17) is 4.74 Å². The number of nitrogens with zero attached hydrogens (tertiary/aromatic N) is 1. The van der Waals surface area contributed by atoms with Crippen LogP contribution < -0.4 is 0 Å². The van der Waals surface area contributed by atoms with Crippen LogP contribution in [0.3, 0.4) is 0 Å². The second kappa shape index (κ2) is 10.0. The standard InChI is InChI=1S/C22H25NO3S2/c1-16(17-7-4-3-5-8-17)23(2)20(24)15-26-21(25)18-9-11-19(12-10-18)22-27-13-6-14-28-22/h3-5,7-12,16,22H,6,13-15H2,1-2H3/t16-/m1/s1. The number of thioether (sulfide) groups is 2. The fourth-order valence-corrected chi connectivity index (χ4v) is 5.83. The molecule has 1 amide bonds. The van der Waals surface area contributed by atoms with Gasteiger partial charge in [-0.25, -0.2) is 4.79 Å². The molecule has 4 nitrogen and oxygen atoms in total. The van der Waals surface area contributed by atoms with Crippen LogP contribution in [0, 0.1) is 0 Å². The normalized spacial score (nSPS) is 15.6. The number of amides is 1. The summed E-state index contributed by atoms with van der Waals surface area (Å²) in [6, 6.07) is 17.2. The molecule has 1 fully saturated rings. The Hall–Kier alpha value is -1.92. The van der Waals surface area contributed by atoms with Crippen LogP contribution in [0.4, 0.5) is 0 Å². The summed E-state index contributed by atoms with van der Waals surface area (Å²) < 4.78 is 5.68. The highest BCUT2D eigenvalue weighted by molar-refractivity contribution is 8.16. The summed E-state index contributed by atoms with van der Waals surface area (Å²) in [6.07, 6.45) is 1.25. The van der Waals surface area contributed by atoms with E-state index in [1.807, 2.05) is 72.9 Å². The maximum atomic E-state index is 12.4. The van der Waals surface area contributed by atoms with E-state index in [1.165, 1.54) is 23.5 Å². The highest BCUT2D eigenvalue weighted by Gasteiger charge is 2.20. The minimum absolute atomic E-state index is 0.0859. The molecule has 6 heteroatoms. The van der Waals surface area contributed by atoms with Crippen molar-refractivity contribution in [2.75, 3.05) is 25.2 Å². The first-order chi connectivity index (χ1) is 13.6. The Kier molecular flexibility index (Phi) is 7.45. The van der Waals surface area contributed by atoms with Gasteiger partial charge in [-0.1, -0.05) is 42.5 Å². The average Bonchev–Trinajstić information content (AvgIpc) is 2.77. The molecular weight excluding hydrogens is 390 g/mol. The van der Waals surface area contributed by atoms with Crippen LogP contribution in [-0.4, -0.2) is 41.9 Å². The molecule has 1 saturated heterocycles. The summed E-state index contributed by atoms with van der Waals surface area (Å²) in [5.74, 6) is 1.66. The van der Waals surface area contributed by atoms with E-state index >= 15 is 0 Å². The molecule has 1 atom stereocenters. The summed E-state index contributed by atoms with van der Waals surface area (Å²) in [5.41, 5.74) is 2.73. The number of ether oxygens (including phenoxy) is 1. The van der Waals surface area contributed by atoms with Crippen molar-refractivity contribution in [2.45, 2.75) is 24.0 Å². The van der Waals surface area contributed by atoms with Crippen LogP contribution >= 0.6 is 23.5 Å². The monoisotopic (exact) mass is 415 g/mol. The Balaban J connectivity index is 1.52. The molecule has 0 spiro atoms. The van der Waals surface area contributed by atoms with Crippen LogP contribution in [-0.2, 0) is 9.53 Å². The zero-order valence-corrected chi connectivity index (χ0v) is 17.8. The first kappa shape index (κ1) is 20.8. The number of hydrogen-bond acceptors (Lipinski definition) is 5. The lowest BCUT2D eigenvalue weighted by atomic mass is 10.1. The molecule has 0 bridgehead atoms. The first-order valence-electron chi connectivity index (χ1n) is 9.37. The van der Waals surface area contributed by atoms with Crippen LogP contribution in [0.1, 0.15) is 45.5 Å². The van der Waals surface area contributed by atoms with Gasteiger partial charge in [-0.3, -0.25) is 4.79 Å². The molecule has 0 saturated carbocycles. The van der Waals surface area contributed by atoms with Gasteiger partial charge in [-0.05, 0) is 48.1 Å². The van der Waals surface area contributed by atoms with E-state index in [0.717, 1.165) is 5.56 Å². The topological polar surface area (TPSA) is 46.6 Å². The highest BCUT2D eigenvalue weighted by Crippen LogP contribution is 2.43. The van der Waals surface area contributed by atoms with Gasteiger partial charge in [0.25, 0.3) is 5.91 Å². The van der Waals surface area contributed by atoms with Crippen molar-refractivity contribution in [1.82, 2.24) is 4.90 Å². The predicted octanol–water partition coefficient (Wildman–Crippen LogP) is 4.93. The molecule has 1 aliphatic rings. The smallest absolute Gasteiger partial charge is 0.338 e. The van der Waals surface area contributed by atoms with Gasteiger partial charge in [-0.15, -0.1) is 23.5 Å². The second-order valence-corrected chi connectivity index (χ2v) is 9.44. The molecule has 0 aromatic heterocycles. The molecular formula is C22H25NO3S2. The quantitative estimate of drug-likeness (QED) is 0.626. The van der Waals surface area contributed by atoms with Crippen molar-refractivity contribution >= 4 is 35.4 Å². The summed E-state index contributed by atoms with van der Waals surface area (Å²) in [7, 11) is 1.72. The fraction of sp³-hybridized carbons (Fsp3) is 0.364. The van der Waals surface area contributed by atoms with Crippen LogP contribution in [0.5, 0.6) is 0 Å². The lowest BCUT2D eigenvalue weighted by Crippen LogP contribution is -2.33. The predicted molar refractivity (Wildman–Crippen MR) is 117 cm³/mol. The number of hydrogen-bond donors (Lipinski definition) is 0. The Morgan fingerprint density at radius 1 is 1.07 bits per heavy atom. The van der Waals surface area contributed by atoms with Crippen LogP contribution in [0.15, 0.2) is 54.6 Å². The van der Waals surface area contributed by atoms with Gasteiger partial charge in [-0.2, -0.15) is 0 Å². The van der Waals surface area contributed by atoms with Crippen molar-refractivity contribution in [3.63, 3.8) is 0 Å². The Morgan fingerprint density at radius 2 is 1.71 bits per heavy atom.